The van der Waals surface area contributed by atoms with Crippen molar-refractivity contribution in [3.8, 4) is 17.3 Å². The van der Waals surface area contributed by atoms with Crippen LogP contribution in [0.5, 0.6) is 5.88 Å². The zero-order valence-electron chi connectivity index (χ0n) is 8.83. The number of aromatic nitrogens is 2. The molecule has 0 unspecified atom stereocenters. The van der Waals surface area contributed by atoms with Crippen molar-refractivity contribution >= 4 is 5.69 Å². The van der Waals surface area contributed by atoms with Crippen LogP contribution < -0.4 is 5.32 Å². The molecule has 1 aliphatic heterocycles. The summed E-state index contributed by atoms with van der Waals surface area (Å²) in [7, 11) is 0. The molecule has 0 atom stereocenters. The van der Waals surface area contributed by atoms with Crippen molar-refractivity contribution in [1.29, 1.82) is 0 Å². The summed E-state index contributed by atoms with van der Waals surface area (Å²) < 4.78 is 0. The first-order chi connectivity index (χ1) is 7.83. The van der Waals surface area contributed by atoms with Crippen molar-refractivity contribution in [1.82, 2.24) is 9.97 Å². The van der Waals surface area contributed by atoms with Gasteiger partial charge in [0, 0.05) is 17.8 Å². The fourth-order valence-corrected chi connectivity index (χ4v) is 2.08. The van der Waals surface area contributed by atoms with E-state index < -0.39 is 0 Å². The Morgan fingerprint density at radius 2 is 2.25 bits per heavy atom. The first-order valence-corrected chi connectivity index (χ1v) is 5.44. The number of benzene rings is 1. The van der Waals surface area contributed by atoms with E-state index in [1.807, 2.05) is 6.07 Å². The predicted octanol–water partition coefficient (Wildman–Crippen LogP) is 2.14. The number of rotatable bonds is 1. The molecule has 0 aliphatic carbocycles. The van der Waals surface area contributed by atoms with Crippen molar-refractivity contribution in [2.24, 2.45) is 0 Å². The maximum absolute atomic E-state index is 9.22. The van der Waals surface area contributed by atoms with Crippen LogP contribution in [0.2, 0.25) is 0 Å². The number of aromatic hydroxyl groups is 1. The normalized spacial score (nSPS) is 14.2. The molecule has 3 N–H and O–H groups in total. The molecule has 16 heavy (non-hydrogen) atoms. The predicted molar refractivity (Wildman–Crippen MR) is 62.5 cm³/mol. The molecule has 4 nitrogen and oxygen atoms in total. The monoisotopic (exact) mass is 215 g/mol. The zero-order chi connectivity index (χ0) is 11.0. The van der Waals surface area contributed by atoms with Gasteiger partial charge in [0.2, 0.25) is 5.88 Å². The van der Waals surface area contributed by atoms with Crippen LogP contribution in [0.4, 0.5) is 5.69 Å². The third-order valence-electron chi connectivity index (χ3n) is 2.88. The van der Waals surface area contributed by atoms with Crippen LogP contribution in [0.1, 0.15) is 12.0 Å². The Hall–Kier alpha value is -1.97. The number of anilines is 1. The van der Waals surface area contributed by atoms with Crippen LogP contribution >= 0.6 is 0 Å². The lowest BCUT2D eigenvalue weighted by Crippen LogP contribution is -2.11. The van der Waals surface area contributed by atoms with Gasteiger partial charge < -0.3 is 15.4 Å². The topological polar surface area (TPSA) is 60.9 Å². The molecule has 3 rings (SSSR count). The molecule has 0 saturated heterocycles. The highest BCUT2D eigenvalue weighted by Gasteiger charge is 2.10. The van der Waals surface area contributed by atoms with Crippen LogP contribution in [-0.2, 0) is 6.42 Å². The van der Waals surface area contributed by atoms with Gasteiger partial charge in [0.15, 0.2) is 0 Å². The molecule has 0 bridgehead atoms. The van der Waals surface area contributed by atoms with Crippen LogP contribution in [-0.4, -0.2) is 21.6 Å². The van der Waals surface area contributed by atoms with Gasteiger partial charge in [0.1, 0.15) is 5.82 Å². The van der Waals surface area contributed by atoms with E-state index in [9.17, 15) is 5.11 Å². The number of nitrogens with zero attached hydrogens (tertiary/aromatic N) is 1. The van der Waals surface area contributed by atoms with E-state index in [1.165, 1.54) is 23.9 Å². The van der Waals surface area contributed by atoms with Crippen LogP contribution in [0.3, 0.4) is 0 Å². The summed E-state index contributed by atoms with van der Waals surface area (Å²) in [6, 6.07) is 6.21. The molecule has 1 aromatic carbocycles. The van der Waals surface area contributed by atoms with E-state index in [0.29, 0.717) is 5.82 Å². The Morgan fingerprint density at radius 3 is 3.06 bits per heavy atom. The lowest BCUT2D eigenvalue weighted by atomic mass is 10.0. The molecule has 1 aliphatic rings. The second-order valence-corrected chi connectivity index (χ2v) is 4.02. The van der Waals surface area contributed by atoms with Crippen LogP contribution in [0, 0.1) is 0 Å². The van der Waals surface area contributed by atoms with E-state index in [4.69, 9.17) is 0 Å². The van der Waals surface area contributed by atoms with Gasteiger partial charge in [-0.2, -0.15) is 0 Å². The van der Waals surface area contributed by atoms with Gasteiger partial charge >= 0.3 is 0 Å². The van der Waals surface area contributed by atoms with E-state index in [0.717, 1.165) is 18.5 Å². The number of fused-ring (bicyclic) bond motifs is 1. The average molecular weight is 215 g/mol. The molecule has 2 heterocycles. The van der Waals surface area contributed by atoms with Crippen molar-refractivity contribution in [3.63, 3.8) is 0 Å². The number of aromatic amines is 1. The van der Waals surface area contributed by atoms with Gasteiger partial charge in [0.05, 0.1) is 6.20 Å². The average Bonchev–Trinajstić information content (AvgIpc) is 2.75. The number of H-pyrrole nitrogens is 1. The molecule has 0 spiro atoms. The van der Waals surface area contributed by atoms with Gasteiger partial charge in [-0.25, -0.2) is 4.98 Å². The second kappa shape index (κ2) is 3.56. The van der Waals surface area contributed by atoms with Gasteiger partial charge in [-0.05, 0) is 36.6 Å². The van der Waals surface area contributed by atoms with Crippen molar-refractivity contribution in [3.05, 3.63) is 30.0 Å². The van der Waals surface area contributed by atoms with E-state index in [1.54, 1.807) is 0 Å². The van der Waals surface area contributed by atoms with Gasteiger partial charge in [0.25, 0.3) is 0 Å². The summed E-state index contributed by atoms with van der Waals surface area (Å²) in [5, 5.41) is 12.6. The van der Waals surface area contributed by atoms with Crippen molar-refractivity contribution in [2.45, 2.75) is 12.8 Å². The first kappa shape index (κ1) is 9.27. The molecular formula is C12H13N3O. The maximum atomic E-state index is 9.22. The smallest absolute Gasteiger partial charge is 0.208 e. The summed E-state index contributed by atoms with van der Waals surface area (Å²) >= 11 is 0. The fraction of sp³-hybridized carbons (Fsp3) is 0.250. The Balaban J connectivity index is 2.02. The lowest BCUT2D eigenvalue weighted by Gasteiger charge is -2.18. The highest BCUT2D eigenvalue weighted by Crippen LogP contribution is 2.27. The quantitative estimate of drug-likeness (QED) is 0.683. The van der Waals surface area contributed by atoms with E-state index in [2.05, 4.69) is 27.4 Å². The number of nitrogens with one attached hydrogen (secondary N) is 2. The molecule has 82 valence electrons. The molecule has 0 saturated carbocycles. The highest BCUT2D eigenvalue weighted by atomic mass is 16.3. The van der Waals surface area contributed by atoms with Crippen LogP contribution in [0.25, 0.3) is 11.4 Å². The Morgan fingerprint density at radius 1 is 1.31 bits per heavy atom. The standard InChI is InChI=1S/C12H13N3O/c16-11-7-14-12(15-11)9-3-4-10-8(6-9)2-1-5-13-10/h3-4,6-7,13,16H,1-2,5H2,(H,14,15). The fourth-order valence-electron chi connectivity index (χ4n) is 2.08. The minimum Gasteiger partial charge on any atom is -0.493 e. The number of imidazole rings is 1. The second-order valence-electron chi connectivity index (χ2n) is 4.02. The van der Waals surface area contributed by atoms with E-state index in [-0.39, 0.29) is 5.88 Å². The number of hydrogen-bond donors (Lipinski definition) is 3. The summed E-state index contributed by atoms with van der Waals surface area (Å²) in [4.78, 5) is 6.93. The summed E-state index contributed by atoms with van der Waals surface area (Å²) in [5.74, 6) is 0.816. The van der Waals surface area contributed by atoms with Gasteiger partial charge in [-0.1, -0.05) is 0 Å². The molecule has 1 aromatic heterocycles. The molecule has 0 fully saturated rings. The first-order valence-electron chi connectivity index (χ1n) is 5.44. The summed E-state index contributed by atoms with van der Waals surface area (Å²) in [6.45, 7) is 1.05. The number of aryl methyl sites for hydroxylation is 1. The summed E-state index contributed by atoms with van der Waals surface area (Å²) in [6.07, 6.45) is 3.69. The van der Waals surface area contributed by atoms with Crippen molar-refractivity contribution in [2.75, 3.05) is 11.9 Å². The molecule has 0 radical (unpaired) electrons. The Kier molecular flexibility index (Phi) is 2.06. The number of hydrogen-bond acceptors (Lipinski definition) is 3. The molecule has 0 amide bonds. The van der Waals surface area contributed by atoms with Gasteiger partial charge in [-0.15, -0.1) is 0 Å². The SMILES string of the molecule is Oc1cnc(-c2ccc3c(c2)CCCN3)[nH]1. The third-order valence-corrected chi connectivity index (χ3v) is 2.88. The molecular weight excluding hydrogens is 202 g/mol. The third kappa shape index (κ3) is 1.52. The highest BCUT2D eigenvalue weighted by molar-refractivity contribution is 5.64. The minimum atomic E-state index is 0.103. The lowest BCUT2D eigenvalue weighted by molar-refractivity contribution is 0.457. The maximum Gasteiger partial charge on any atom is 0.208 e. The summed E-state index contributed by atoms with van der Waals surface area (Å²) in [5.41, 5.74) is 3.55. The molecule has 4 heteroatoms. The minimum absolute atomic E-state index is 0.103. The molecule has 2 aromatic rings. The zero-order valence-corrected chi connectivity index (χ0v) is 8.83. The van der Waals surface area contributed by atoms with Crippen molar-refractivity contribution < 1.29 is 5.11 Å². The van der Waals surface area contributed by atoms with Crippen LogP contribution in [0.15, 0.2) is 24.4 Å². The van der Waals surface area contributed by atoms with Gasteiger partial charge in [-0.3, -0.25) is 0 Å². The Bertz CT molecular complexity index is 519. The van der Waals surface area contributed by atoms with E-state index >= 15 is 0 Å². The largest absolute Gasteiger partial charge is 0.493 e. The Labute approximate surface area is 93.4 Å².